The molecule has 0 N–H and O–H groups in total. The number of thiophene rings is 1. The van der Waals surface area contributed by atoms with Gasteiger partial charge in [-0.15, -0.1) is 11.3 Å². The first kappa shape index (κ1) is 24.1. The molecule has 1 aliphatic rings. The predicted octanol–water partition coefficient (Wildman–Crippen LogP) is 2.31. The van der Waals surface area contributed by atoms with Crippen molar-refractivity contribution in [1.82, 2.24) is 9.80 Å². The van der Waals surface area contributed by atoms with Crippen LogP contribution in [-0.4, -0.2) is 81.7 Å². The van der Waals surface area contributed by atoms with E-state index >= 15 is 0 Å². The number of methoxy groups -OCH3 is 3. The van der Waals surface area contributed by atoms with E-state index in [1.165, 1.54) is 44.8 Å². The van der Waals surface area contributed by atoms with Gasteiger partial charge in [-0.3, -0.25) is 9.59 Å². The van der Waals surface area contributed by atoms with Gasteiger partial charge in [-0.2, -0.15) is 0 Å². The average molecular weight is 475 g/mol. The van der Waals surface area contributed by atoms with Crippen molar-refractivity contribution in [1.29, 1.82) is 0 Å². The number of nitrogens with zero attached hydrogens (tertiary/aromatic N) is 2. The zero-order valence-corrected chi connectivity index (χ0v) is 19.6. The fraction of sp³-hybridized carbons (Fsp3) is 0.348. The van der Waals surface area contributed by atoms with E-state index < -0.39 is 5.97 Å². The number of rotatable bonds is 8. The molecule has 9 nitrogen and oxygen atoms in total. The van der Waals surface area contributed by atoms with E-state index in [1.54, 1.807) is 28.0 Å². The van der Waals surface area contributed by atoms with Crippen molar-refractivity contribution in [2.45, 2.75) is 0 Å². The van der Waals surface area contributed by atoms with Crippen LogP contribution >= 0.6 is 11.3 Å². The molecule has 0 atom stereocenters. The summed E-state index contributed by atoms with van der Waals surface area (Å²) in [6.45, 7) is 1.30. The molecule has 2 amide bonds. The van der Waals surface area contributed by atoms with Crippen LogP contribution in [0.15, 0.2) is 35.7 Å². The fourth-order valence-electron chi connectivity index (χ4n) is 3.33. The lowest BCUT2D eigenvalue weighted by Crippen LogP contribution is -2.51. The van der Waals surface area contributed by atoms with Crippen LogP contribution in [0.3, 0.4) is 0 Å². The SMILES string of the molecule is COc1cc(OC)c(OC)cc1/C=C/C(=O)OCC(=O)N1CCN(C(=O)c2cccs2)CC1. The molecule has 0 aliphatic carbocycles. The maximum atomic E-state index is 12.4. The van der Waals surface area contributed by atoms with Crippen molar-refractivity contribution in [3.63, 3.8) is 0 Å². The molecular weight excluding hydrogens is 448 g/mol. The Bertz CT molecular complexity index is 1010. The summed E-state index contributed by atoms with van der Waals surface area (Å²) in [5.41, 5.74) is 0.588. The fourth-order valence-corrected chi connectivity index (χ4v) is 4.02. The van der Waals surface area contributed by atoms with E-state index in [0.717, 1.165) is 0 Å². The highest BCUT2D eigenvalue weighted by Crippen LogP contribution is 2.35. The van der Waals surface area contributed by atoms with Crippen LogP contribution in [0.4, 0.5) is 0 Å². The number of piperazine rings is 1. The molecule has 10 heteroatoms. The molecule has 33 heavy (non-hydrogen) atoms. The Kier molecular flexibility index (Phi) is 8.31. The highest BCUT2D eigenvalue weighted by atomic mass is 32.1. The molecule has 1 aromatic carbocycles. The van der Waals surface area contributed by atoms with Gasteiger partial charge < -0.3 is 28.7 Å². The predicted molar refractivity (Wildman–Crippen MR) is 123 cm³/mol. The van der Waals surface area contributed by atoms with Crippen LogP contribution in [0.2, 0.25) is 0 Å². The number of ether oxygens (including phenoxy) is 4. The zero-order valence-electron chi connectivity index (χ0n) is 18.7. The van der Waals surface area contributed by atoms with Gasteiger partial charge in [0.1, 0.15) is 5.75 Å². The lowest BCUT2D eigenvalue weighted by atomic mass is 10.1. The second-order valence-corrected chi connectivity index (χ2v) is 7.99. The van der Waals surface area contributed by atoms with Gasteiger partial charge >= 0.3 is 5.97 Å². The van der Waals surface area contributed by atoms with Gasteiger partial charge in [0.25, 0.3) is 11.8 Å². The second-order valence-electron chi connectivity index (χ2n) is 7.04. The largest absolute Gasteiger partial charge is 0.496 e. The Morgan fingerprint density at radius 3 is 2.18 bits per heavy atom. The number of carbonyl (C=O) groups is 3. The molecule has 2 aromatic rings. The van der Waals surface area contributed by atoms with Gasteiger partial charge in [0.2, 0.25) is 0 Å². The van der Waals surface area contributed by atoms with Crippen LogP contribution < -0.4 is 14.2 Å². The Morgan fingerprint density at radius 1 is 0.939 bits per heavy atom. The maximum absolute atomic E-state index is 12.4. The smallest absolute Gasteiger partial charge is 0.331 e. The molecule has 0 unspecified atom stereocenters. The maximum Gasteiger partial charge on any atom is 0.331 e. The van der Waals surface area contributed by atoms with Gasteiger partial charge in [-0.1, -0.05) is 6.07 Å². The molecule has 0 radical (unpaired) electrons. The molecule has 176 valence electrons. The van der Waals surface area contributed by atoms with Crippen molar-refractivity contribution in [3.8, 4) is 17.2 Å². The van der Waals surface area contributed by atoms with Crippen LogP contribution in [0, 0.1) is 0 Å². The van der Waals surface area contributed by atoms with E-state index in [-0.39, 0.29) is 18.4 Å². The Balaban J connectivity index is 1.49. The molecule has 2 heterocycles. The minimum Gasteiger partial charge on any atom is -0.496 e. The highest BCUT2D eigenvalue weighted by Gasteiger charge is 2.25. The number of hydrogen-bond acceptors (Lipinski definition) is 8. The number of benzene rings is 1. The van der Waals surface area contributed by atoms with Crippen LogP contribution in [0.5, 0.6) is 17.2 Å². The Morgan fingerprint density at radius 2 is 1.58 bits per heavy atom. The number of hydrogen-bond donors (Lipinski definition) is 0. The third-order valence-electron chi connectivity index (χ3n) is 5.12. The first-order valence-electron chi connectivity index (χ1n) is 10.2. The van der Waals surface area contributed by atoms with Crippen molar-refractivity contribution in [3.05, 3.63) is 46.2 Å². The van der Waals surface area contributed by atoms with E-state index in [1.807, 2.05) is 11.4 Å². The normalized spacial score (nSPS) is 13.7. The van der Waals surface area contributed by atoms with E-state index in [0.29, 0.717) is 53.9 Å². The lowest BCUT2D eigenvalue weighted by Gasteiger charge is -2.34. The summed E-state index contributed by atoms with van der Waals surface area (Å²) in [5, 5.41) is 1.86. The summed E-state index contributed by atoms with van der Waals surface area (Å²) >= 11 is 1.40. The summed E-state index contributed by atoms with van der Waals surface area (Å²) in [6, 6.07) is 6.94. The summed E-state index contributed by atoms with van der Waals surface area (Å²) in [4.78, 5) is 40.9. The molecule has 1 fully saturated rings. The zero-order chi connectivity index (χ0) is 23.8. The first-order chi connectivity index (χ1) is 16.0. The second kappa shape index (κ2) is 11.4. The molecular formula is C23H26N2O7S. The van der Waals surface area contributed by atoms with E-state index in [9.17, 15) is 14.4 Å². The lowest BCUT2D eigenvalue weighted by molar-refractivity contribution is -0.148. The molecule has 0 bridgehead atoms. The highest BCUT2D eigenvalue weighted by molar-refractivity contribution is 7.12. The van der Waals surface area contributed by atoms with E-state index in [2.05, 4.69) is 0 Å². The molecule has 1 saturated heterocycles. The van der Waals surface area contributed by atoms with Crippen molar-refractivity contribution in [2.24, 2.45) is 0 Å². The molecule has 1 aliphatic heterocycles. The van der Waals surface area contributed by atoms with Gasteiger partial charge in [-0.05, 0) is 23.6 Å². The van der Waals surface area contributed by atoms with Gasteiger partial charge in [0.15, 0.2) is 18.1 Å². The number of carbonyl (C=O) groups excluding carboxylic acids is 3. The monoisotopic (exact) mass is 474 g/mol. The van der Waals surface area contributed by atoms with E-state index in [4.69, 9.17) is 18.9 Å². The Hall–Kier alpha value is -3.53. The summed E-state index contributed by atoms with van der Waals surface area (Å²) in [5.74, 6) is 0.479. The van der Waals surface area contributed by atoms with Crippen molar-refractivity contribution in [2.75, 3.05) is 54.1 Å². The number of esters is 1. The molecule has 0 saturated carbocycles. The minimum absolute atomic E-state index is 0.0285. The molecule has 0 spiro atoms. The molecule has 3 rings (SSSR count). The van der Waals surface area contributed by atoms with Crippen LogP contribution in [0.25, 0.3) is 6.08 Å². The van der Waals surface area contributed by atoms with Crippen LogP contribution in [0.1, 0.15) is 15.2 Å². The Labute approximate surface area is 196 Å². The standard InChI is InChI=1S/C23H26N2O7S/c1-29-17-14-19(31-3)18(30-2)13-16(17)6-7-22(27)32-15-21(26)24-8-10-25(11-9-24)23(28)20-5-4-12-33-20/h4-7,12-14H,8-11,15H2,1-3H3/b7-6+. The van der Waals surface area contributed by atoms with Crippen molar-refractivity contribution >= 4 is 35.2 Å². The average Bonchev–Trinajstić information content (AvgIpc) is 3.40. The minimum atomic E-state index is -0.660. The third-order valence-corrected chi connectivity index (χ3v) is 5.98. The van der Waals surface area contributed by atoms with Crippen LogP contribution in [-0.2, 0) is 14.3 Å². The molecule has 1 aromatic heterocycles. The summed E-state index contributed by atoms with van der Waals surface area (Å²) < 4.78 is 20.9. The first-order valence-corrected chi connectivity index (χ1v) is 11.1. The van der Waals surface area contributed by atoms with Gasteiger partial charge in [0, 0.05) is 43.9 Å². The quantitative estimate of drug-likeness (QED) is 0.428. The summed E-state index contributed by atoms with van der Waals surface area (Å²) in [6.07, 6.45) is 2.73. The van der Waals surface area contributed by atoms with Gasteiger partial charge in [-0.25, -0.2) is 4.79 Å². The topological polar surface area (TPSA) is 94.6 Å². The summed E-state index contributed by atoms with van der Waals surface area (Å²) in [7, 11) is 4.53. The van der Waals surface area contributed by atoms with Gasteiger partial charge in [0.05, 0.1) is 26.2 Å². The van der Waals surface area contributed by atoms with Crippen molar-refractivity contribution < 1.29 is 33.3 Å². The number of amides is 2. The third kappa shape index (κ3) is 6.04.